The van der Waals surface area contributed by atoms with Crippen molar-refractivity contribution < 1.29 is 19.0 Å². The van der Waals surface area contributed by atoms with Crippen molar-refractivity contribution in [3.8, 4) is 17.2 Å². The summed E-state index contributed by atoms with van der Waals surface area (Å²) >= 11 is 0. The van der Waals surface area contributed by atoms with Gasteiger partial charge >= 0.3 is 0 Å². The van der Waals surface area contributed by atoms with Gasteiger partial charge in [-0.2, -0.15) is 0 Å². The highest BCUT2D eigenvalue weighted by Gasteiger charge is 2.23. The summed E-state index contributed by atoms with van der Waals surface area (Å²) < 4.78 is 17.0. The molecule has 0 unspecified atom stereocenters. The van der Waals surface area contributed by atoms with Gasteiger partial charge in [0.15, 0.2) is 11.5 Å². The minimum absolute atomic E-state index is 0.163. The van der Waals surface area contributed by atoms with Gasteiger partial charge in [-0.15, -0.1) is 0 Å². The average molecular weight is 381 g/mol. The zero-order valence-corrected chi connectivity index (χ0v) is 16.6. The van der Waals surface area contributed by atoms with Gasteiger partial charge in [0.1, 0.15) is 5.75 Å². The first-order valence-electron chi connectivity index (χ1n) is 10.1. The van der Waals surface area contributed by atoms with Gasteiger partial charge in [-0.05, 0) is 60.7 Å². The number of benzene rings is 2. The summed E-state index contributed by atoms with van der Waals surface area (Å²) in [5.41, 5.74) is 4.65. The number of carbonyl (C=O) groups is 1. The molecule has 0 aromatic heterocycles. The normalized spacial score (nSPS) is 14.9. The molecular weight excluding hydrogens is 354 g/mol. The van der Waals surface area contributed by atoms with Gasteiger partial charge in [0.25, 0.3) is 0 Å². The van der Waals surface area contributed by atoms with E-state index in [9.17, 15) is 4.79 Å². The Labute approximate surface area is 166 Å². The lowest BCUT2D eigenvalue weighted by molar-refractivity contribution is -0.131. The lowest BCUT2D eigenvalue weighted by atomic mass is 9.98. The van der Waals surface area contributed by atoms with Crippen molar-refractivity contribution in [2.75, 3.05) is 26.4 Å². The SMILES string of the molecule is CCOc1cc2c(cc1OCC)CN(C(=O)Cc1ccc3c(c1)CCO3)CC2. The van der Waals surface area contributed by atoms with E-state index in [1.54, 1.807) is 0 Å². The first-order chi connectivity index (χ1) is 13.7. The zero-order valence-electron chi connectivity index (χ0n) is 16.6. The Balaban J connectivity index is 1.48. The van der Waals surface area contributed by atoms with Crippen molar-refractivity contribution in [1.29, 1.82) is 0 Å². The van der Waals surface area contributed by atoms with Crippen molar-refractivity contribution in [3.05, 3.63) is 52.6 Å². The number of hydrogen-bond acceptors (Lipinski definition) is 4. The average Bonchev–Trinajstić information content (AvgIpc) is 3.16. The molecule has 5 nitrogen and oxygen atoms in total. The topological polar surface area (TPSA) is 48.0 Å². The van der Waals surface area contributed by atoms with Gasteiger partial charge in [-0.1, -0.05) is 12.1 Å². The van der Waals surface area contributed by atoms with Crippen LogP contribution in [0.4, 0.5) is 0 Å². The predicted octanol–water partition coefficient (Wildman–Crippen LogP) is 3.55. The van der Waals surface area contributed by atoms with Crippen LogP contribution < -0.4 is 14.2 Å². The van der Waals surface area contributed by atoms with Crippen LogP contribution in [0, 0.1) is 0 Å². The molecule has 4 rings (SSSR count). The molecule has 2 aliphatic heterocycles. The molecule has 2 aromatic carbocycles. The highest BCUT2D eigenvalue weighted by molar-refractivity contribution is 5.79. The van der Waals surface area contributed by atoms with E-state index in [1.807, 2.05) is 36.9 Å². The molecule has 0 saturated heterocycles. The van der Waals surface area contributed by atoms with Gasteiger partial charge < -0.3 is 19.1 Å². The summed E-state index contributed by atoms with van der Waals surface area (Å²) in [4.78, 5) is 14.8. The number of hydrogen-bond donors (Lipinski definition) is 0. The van der Waals surface area contributed by atoms with Crippen LogP contribution in [-0.2, 0) is 30.6 Å². The molecule has 0 saturated carbocycles. The van der Waals surface area contributed by atoms with Crippen LogP contribution in [0.1, 0.15) is 36.1 Å². The van der Waals surface area contributed by atoms with Crippen LogP contribution in [0.2, 0.25) is 0 Å². The molecule has 28 heavy (non-hydrogen) atoms. The smallest absolute Gasteiger partial charge is 0.227 e. The number of rotatable bonds is 6. The van der Waals surface area contributed by atoms with Gasteiger partial charge in [0, 0.05) is 19.5 Å². The molecule has 2 aromatic rings. The van der Waals surface area contributed by atoms with Gasteiger partial charge in [-0.25, -0.2) is 0 Å². The second-order valence-corrected chi connectivity index (χ2v) is 7.22. The van der Waals surface area contributed by atoms with E-state index in [0.29, 0.717) is 26.2 Å². The second kappa shape index (κ2) is 8.13. The Kier molecular flexibility index (Phi) is 5.42. The second-order valence-electron chi connectivity index (χ2n) is 7.22. The lowest BCUT2D eigenvalue weighted by Crippen LogP contribution is -2.37. The molecule has 2 heterocycles. The number of fused-ring (bicyclic) bond motifs is 2. The van der Waals surface area contributed by atoms with E-state index >= 15 is 0 Å². The summed E-state index contributed by atoms with van der Waals surface area (Å²) in [7, 11) is 0. The number of amides is 1. The third-order valence-corrected chi connectivity index (χ3v) is 5.34. The quantitative estimate of drug-likeness (QED) is 0.768. The third kappa shape index (κ3) is 3.79. The third-order valence-electron chi connectivity index (χ3n) is 5.34. The molecule has 1 amide bonds. The standard InChI is InChI=1S/C23H27NO4/c1-3-26-21-13-17-7-9-24(15-19(17)14-22(21)27-4-2)23(25)12-16-5-6-20-18(11-16)8-10-28-20/h5-6,11,13-14H,3-4,7-10,12,15H2,1-2H3. The molecule has 0 aliphatic carbocycles. The van der Waals surface area contributed by atoms with Crippen molar-refractivity contribution in [3.63, 3.8) is 0 Å². The largest absolute Gasteiger partial charge is 0.493 e. The molecule has 148 valence electrons. The number of carbonyl (C=O) groups excluding carboxylic acids is 1. The Morgan fingerprint density at radius 3 is 2.50 bits per heavy atom. The van der Waals surface area contributed by atoms with E-state index in [1.165, 1.54) is 11.1 Å². The maximum absolute atomic E-state index is 12.9. The van der Waals surface area contributed by atoms with Crippen LogP contribution in [0.15, 0.2) is 30.3 Å². The first-order valence-corrected chi connectivity index (χ1v) is 10.1. The first kappa shape index (κ1) is 18.7. The molecule has 2 aliphatic rings. The summed E-state index contributed by atoms with van der Waals surface area (Å²) in [6.07, 6.45) is 2.19. The minimum Gasteiger partial charge on any atom is -0.493 e. The Bertz CT molecular complexity index is 877. The van der Waals surface area contributed by atoms with Crippen LogP contribution in [-0.4, -0.2) is 37.2 Å². The maximum Gasteiger partial charge on any atom is 0.227 e. The zero-order chi connectivity index (χ0) is 19.5. The van der Waals surface area contributed by atoms with E-state index in [-0.39, 0.29) is 5.91 Å². The highest BCUT2D eigenvalue weighted by Crippen LogP contribution is 2.34. The van der Waals surface area contributed by atoms with E-state index < -0.39 is 0 Å². The summed E-state index contributed by atoms with van der Waals surface area (Å²) in [5, 5.41) is 0. The molecule has 0 bridgehead atoms. The molecule has 0 radical (unpaired) electrons. The van der Waals surface area contributed by atoms with Crippen molar-refractivity contribution in [2.45, 2.75) is 39.7 Å². The molecule has 0 fully saturated rings. The van der Waals surface area contributed by atoms with Crippen LogP contribution in [0.3, 0.4) is 0 Å². The molecule has 0 spiro atoms. The fourth-order valence-corrected chi connectivity index (χ4v) is 3.95. The van der Waals surface area contributed by atoms with Crippen molar-refractivity contribution in [1.82, 2.24) is 4.90 Å². The Hall–Kier alpha value is -2.69. The summed E-state index contributed by atoms with van der Waals surface area (Å²) in [6, 6.07) is 10.2. The van der Waals surface area contributed by atoms with Crippen molar-refractivity contribution in [2.24, 2.45) is 0 Å². The van der Waals surface area contributed by atoms with Crippen LogP contribution in [0.25, 0.3) is 0 Å². The van der Waals surface area contributed by atoms with Gasteiger partial charge in [0.2, 0.25) is 5.91 Å². The van der Waals surface area contributed by atoms with Gasteiger partial charge in [-0.3, -0.25) is 4.79 Å². The van der Waals surface area contributed by atoms with E-state index in [4.69, 9.17) is 14.2 Å². The molecule has 5 heteroatoms. The lowest BCUT2D eigenvalue weighted by Gasteiger charge is -2.30. The summed E-state index contributed by atoms with van der Waals surface area (Å²) in [5.74, 6) is 2.67. The van der Waals surface area contributed by atoms with Gasteiger partial charge in [0.05, 0.1) is 26.2 Å². The van der Waals surface area contributed by atoms with Crippen LogP contribution in [0.5, 0.6) is 17.2 Å². The fourth-order valence-electron chi connectivity index (χ4n) is 3.95. The van der Waals surface area contributed by atoms with E-state index in [0.717, 1.165) is 54.4 Å². The monoisotopic (exact) mass is 381 g/mol. The Morgan fingerprint density at radius 1 is 1.00 bits per heavy atom. The molecule has 0 N–H and O–H groups in total. The number of ether oxygens (including phenoxy) is 3. The van der Waals surface area contributed by atoms with Crippen LogP contribution >= 0.6 is 0 Å². The minimum atomic E-state index is 0.163. The fraction of sp³-hybridized carbons (Fsp3) is 0.435. The number of nitrogens with zero attached hydrogens (tertiary/aromatic N) is 1. The van der Waals surface area contributed by atoms with E-state index in [2.05, 4.69) is 12.1 Å². The predicted molar refractivity (Wildman–Crippen MR) is 107 cm³/mol. The highest BCUT2D eigenvalue weighted by atomic mass is 16.5. The maximum atomic E-state index is 12.9. The Morgan fingerprint density at radius 2 is 1.75 bits per heavy atom. The summed E-state index contributed by atoms with van der Waals surface area (Å²) in [6.45, 7) is 7.22. The molecular formula is C23H27NO4. The molecule has 0 atom stereocenters. The van der Waals surface area contributed by atoms with Crippen molar-refractivity contribution >= 4 is 5.91 Å².